The number of fused-ring (bicyclic) bond motifs is 4. The summed E-state index contributed by atoms with van der Waals surface area (Å²) in [6.45, 7) is 6.09. The topological polar surface area (TPSA) is 151 Å². The number of ketones is 1. The molecule has 0 spiro atoms. The van der Waals surface area contributed by atoms with Gasteiger partial charge in [0, 0.05) is 46.7 Å². The minimum Gasteiger partial charge on any atom is -0.493 e. The van der Waals surface area contributed by atoms with Gasteiger partial charge in [0.05, 0.1) is 13.2 Å². The Morgan fingerprint density at radius 2 is 0.901 bits per heavy atom. The minimum atomic E-state index is -1.12. The highest BCUT2D eigenvalue weighted by Crippen LogP contribution is 2.38. The number of benzene rings is 8. The molecule has 0 aliphatic heterocycles. The zero-order chi connectivity index (χ0) is 57.1. The van der Waals surface area contributed by atoms with E-state index in [0.717, 1.165) is 38.7 Å². The van der Waals surface area contributed by atoms with E-state index in [1.165, 1.54) is 6.08 Å². The van der Waals surface area contributed by atoms with Gasteiger partial charge in [0.1, 0.15) is 85.3 Å². The molecule has 0 radical (unpaired) electrons. The van der Waals surface area contributed by atoms with Gasteiger partial charge in [-0.1, -0.05) is 122 Å². The Hall–Kier alpha value is -10.6. The van der Waals surface area contributed by atoms with Crippen LogP contribution in [0.25, 0.3) is 43.1 Å². The number of hydrogen-bond acceptors (Lipinski definition) is 13. The SMILES string of the molecule is C#CCOc1cc2c(OCC#C)cccc2cc1C(=O)OCC(COc1ccc2ccccc2c1Cc1c(OCC(COC(=O)c2cc3cccc(OCC#C)c3cc2OCC#C)OC(=O)C=C)ccc2ccccc12)CC(=O)C=C. The molecule has 81 heavy (non-hydrogen) atoms. The molecule has 0 fully saturated rings. The van der Waals surface area contributed by atoms with Crippen LogP contribution in [0.2, 0.25) is 0 Å². The Balaban J connectivity index is 1.05. The van der Waals surface area contributed by atoms with Crippen LogP contribution in [-0.4, -0.2) is 82.7 Å². The van der Waals surface area contributed by atoms with E-state index in [1.807, 2.05) is 78.9 Å². The van der Waals surface area contributed by atoms with Crippen LogP contribution >= 0.6 is 0 Å². The first-order valence-corrected chi connectivity index (χ1v) is 25.5. The number of carbonyl (C=O) groups is 4. The number of terminal acetylenes is 4. The van der Waals surface area contributed by atoms with Crippen molar-refractivity contribution in [2.75, 3.05) is 52.9 Å². The second-order valence-electron chi connectivity index (χ2n) is 18.1. The first-order chi connectivity index (χ1) is 39.5. The number of allylic oxidation sites excluding steroid dienone is 1. The van der Waals surface area contributed by atoms with Crippen molar-refractivity contribution in [1.29, 1.82) is 0 Å². The fourth-order valence-electron chi connectivity index (χ4n) is 9.06. The molecule has 0 aromatic heterocycles. The molecule has 0 N–H and O–H groups in total. The summed E-state index contributed by atoms with van der Waals surface area (Å²) in [5.74, 6) is 8.80. The summed E-state index contributed by atoms with van der Waals surface area (Å²) in [5.41, 5.74) is 1.73. The maximum Gasteiger partial charge on any atom is 0.342 e. The first-order valence-electron chi connectivity index (χ1n) is 25.5. The second-order valence-corrected chi connectivity index (χ2v) is 18.1. The van der Waals surface area contributed by atoms with Crippen molar-refractivity contribution in [3.05, 3.63) is 181 Å². The normalized spacial score (nSPS) is 11.4. The van der Waals surface area contributed by atoms with E-state index in [0.29, 0.717) is 44.5 Å². The van der Waals surface area contributed by atoms with Gasteiger partial charge in [-0.2, -0.15) is 0 Å². The predicted octanol–water partition coefficient (Wildman–Crippen LogP) is 11.3. The summed E-state index contributed by atoms with van der Waals surface area (Å²) in [4.78, 5) is 53.7. The fourth-order valence-corrected chi connectivity index (χ4v) is 9.06. The minimum absolute atomic E-state index is 0.0229. The Morgan fingerprint density at radius 3 is 1.38 bits per heavy atom. The zero-order valence-corrected chi connectivity index (χ0v) is 44.1. The highest BCUT2D eigenvalue weighted by Gasteiger charge is 2.25. The maximum atomic E-state index is 14.0. The molecule has 0 bridgehead atoms. The second kappa shape index (κ2) is 27.6. The number of ether oxygens (including phenoxy) is 9. The van der Waals surface area contributed by atoms with Crippen molar-refractivity contribution in [1.82, 2.24) is 0 Å². The molecular weight excluding hydrogens is 1020 g/mol. The molecule has 8 aromatic rings. The van der Waals surface area contributed by atoms with E-state index in [2.05, 4.69) is 36.8 Å². The summed E-state index contributed by atoms with van der Waals surface area (Å²) in [6, 6.07) is 40.3. The summed E-state index contributed by atoms with van der Waals surface area (Å²) >= 11 is 0. The number of hydrogen-bond donors (Lipinski definition) is 0. The number of esters is 3. The van der Waals surface area contributed by atoms with Crippen molar-refractivity contribution >= 4 is 66.8 Å². The zero-order valence-electron chi connectivity index (χ0n) is 44.1. The highest BCUT2D eigenvalue weighted by atomic mass is 16.6. The first kappa shape index (κ1) is 56.6. The van der Waals surface area contributed by atoms with Crippen molar-refractivity contribution in [2.24, 2.45) is 5.92 Å². The molecule has 0 amide bonds. The summed E-state index contributed by atoms with van der Waals surface area (Å²) < 4.78 is 53.8. The van der Waals surface area contributed by atoms with Crippen molar-refractivity contribution in [3.8, 4) is 83.9 Å². The molecule has 0 aliphatic carbocycles. The maximum absolute atomic E-state index is 14.0. The van der Waals surface area contributed by atoms with Crippen LogP contribution in [0.3, 0.4) is 0 Å². The molecule has 8 rings (SSSR count). The lowest BCUT2D eigenvalue weighted by atomic mass is 9.93. The van der Waals surface area contributed by atoms with Gasteiger partial charge in [-0.05, 0) is 86.9 Å². The van der Waals surface area contributed by atoms with Crippen LogP contribution in [0.15, 0.2) is 159 Å². The molecule has 0 aliphatic rings. The Bertz CT molecular complexity index is 3610. The molecule has 404 valence electrons. The summed E-state index contributed by atoms with van der Waals surface area (Å²) in [6.07, 6.45) is 23.3. The standard InChI is InChI=1S/C68H54O13/c1-7-31-73-60-25-17-21-48-36-58(64(39-54(48)60)75-33-9-3)67(71)79-42-45(35-50(69)11-5)41-77-62-29-27-46-19-13-15-23-52(46)56(62)38-57-53-24-16-14-20-47(53)28-30-63(57)78-43-51(81-66(70)12-6)44-80-68(72)59-37-49-22-18-26-61(74-32-8-2)55(49)40-65(59)76-34-10-4/h1-4,11-30,36-37,39-40,45,51H,5-6,31-35,38,41-44H2. The molecule has 0 saturated carbocycles. The molecule has 2 unspecified atom stereocenters. The number of rotatable bonds is 27. The van der Waals surface area contributed by atoms with Gasteiger partial charge in [-0.25, -0.2) is 14.4 Å². The smallest absolute Gasteiger partial charge is 0.342 e. The van der Waals surface area contributed by atoms with Crippen molar-refractivity contribution in [2.45, 2.75) is 18.9 Å². The van der Waals surface area contributed by atoms with Crippen LogP contribution in [0.4, 0.5) is 0 Å². The van der Waals surface area contributed by atoms with Crippen LogP contribution in [0, 0.1) is 55.3 Å². The lowest BCUT2D eigenvalue weighted by Crippen LogP contribution is -2.30. The summed E-state index contributed by atoms with van der Waals surface area (Å²) in [7, 11) is 0. The molecule has 0 saturated heterocycles. The average Bonchev–Trinajstić information content (AvgIpc) is 3.54. The van der Waals surface area contributed by atoms with Crippen LogP contribution in [-0.2, 0) is 30.2 Å². The van der Waals surface area contributed by atoms with Gasteiger partial charge in [0.2, 0.25) is 0 Å². The lowest BCUT2D eigenvalue weighted by Gasteiger charge is -2.22. The largest absolute Gasteiger partial charge is 0.493 e. The summed E-state index contributed by atoms with van der Waals surface area (Å²) in [5, 5.41) is 6.16. The van der Waals surface area contributed by atoms with E-state index >= 15 is 0 Å². The van der Waals surface area contributed by atoms with Crippen LogP contribution in [0.5, 0.6) is 34.5 Å². The molecule has 13 heteroatoms. The van der Waals surface area contributed by atoms with Crippen molar-refractivity contribution in [3.63, 3.8) is 0 Å². The fraction of sp³-hybridized carbons (Fsp3) is 0.176. The Kier molecular flexibility index (Phi) is 19.3. The lowest BCUT2D eigenvalue weighted by molar-refractivity contribution is -0.146. The Morgan fingerprint density at radius 1 is 0.444 bits per heavy atom. The monoisotopic (exact) mass is 1080 g/mol. The number of carbonyl (C=O) groups excluding carboxylic acids is 4. The van der Waals surface area contributed by atoms with Gasteiger partial charge >= 0.3 is 17.9 Å². The van der Waals surface area contributed by atoms with Crippen molar-refractivity contribution < 1.29 is 61.8 Å². The van der Waals surface area contributed by atoms with E-state index < -0.39 is 36.5 Å². The van der Waals surface area contributed by atoms with Crippen LogP contribution < -0.4 is 28.4 Å². The third-order valence-corrected chi connectivity index (χ3v) is 12.8. The predicted molar refractivity (Wildman–Crippen MR) is 311 cm³/mol. The van der Waals surface area contributed by atoms with E-state index in [1.54, 1.807) is 54.6 Å². The van der Waals surface area contributed by atoms with Crippen LogP contribution in [0.1, 0.15) is 38.3 Å². The van der Waals surface area contributed by atoms with Gasteiger partial charge < -0.3 is 42.6 Å². The average molecular weight is 1080 g/mol. The van der Waals surface area contributed by atoms with E-state index in [4.69, 9.17) is 68.3 Å². The molecular formula is C68H54O13. The molecule has 13 nitrogen and oxygen atoms in total. The Labute approximate surface area is 469 Å². The van der Waals surface area contributed by atoms with Gasteiger partial charge in [-0.15, -0.1) is 25.7 Å². The molecule has 2 atom stereocenters. The van der Waals surface area contributed by atoms with Gasteiger partial charge in [0.15, 0.2) is 11.9 Å². The van der Waals surface area contributed by atoms with E-state index in [-0.39, 0.29) is 87.5 Å². The third-order valence-electron chi connectivity index (χ3n) is 12.8. The van der Waals surface area contributed by atoms with Gasteiger partial charge in [-0.3, -0.25) is 4.79 Å². The van der Waals surface area contributed by atoms with E-state index in [9.17, 15) is 19.2 Å². The molecule has 8 aromatic carbocycles. The highest BCUT2D eigenvalue weighted by molar-refractivity contribution is 6.02. The third kappa shape index (κ3) is 14.1. The van der Waals surface area contributed by atoms with Gasteiger partial charge in [0.25, 0.3) is 0 Å². The molecule has 0 heterocycles. The quantitative estimate of drug-likeness (QED) is 0.0208.